The molecule has 0 aromatic carbocycles. The fraction of sp³-hybridized carbons (Fsp3) is 0.881. The molecule has 0 saturated heterocycles. The van der Waals surface area contributed by atoms with Crippen LogP contribution in [0.15, 0.2) is 6.08 Å². The van der Waals surface area contributed by atoms with Crippen LogP contribution in [0.3, 0.4) is 0 Å². The second-order valence-electron chi connectivity index (χ2n) is 15.2. The van der Waals surface area contributed by atoms with Crippen molar-refractivity contribution >= 4 is 23.6 Å². The molecular weight excluding hydrogens is 627 g/mol. The number of carbonyl (C=O) groups is 1. The van der Waals surface area contributed by atoms with E-state index in [1.165, 1.54) is 171 Å². The maximum Gasteiger partial charge on any atom is 0.253 e. The summed E-state index contributed by atoms with van der Waals surface area (Å²) < 4.78 is 23.1. The molecule has 284 valence electrons. The average Bonchev–Trinajstić information content (AvgIpc) is 3.58. The Morgan fingerprint density at radius 3 is 1.80 bits per heavy atom. The minimum absolute atomic E-state index is 0.245. The maximum absolute atomic E-state index is 10.4. The van der Waals surface area contributed by atoms with E-state index in [0.717, 1.165) is 80.8 Å². The van der Waals surface area contributed by atoms with Gasteiger partial charge in [-0.2, -0.15) is 4.37 Å². The molecule has 0 saturated carbocycles. The zero-order valence-electron chi connectivity index (χ0n) is 32.5. The number of quaternary nitrogens is 1. The predicted molar refractivity (Wildman–Crippen MR) is 210 cm³/mol. The van der Waals surface area contributed by atoms with Gasteiger partial charge in [-0.3, -0.25) is 4.48 Å². The van der Waals surface area contributed by atoms with Gasteiger partial charge in [0.25, 0.3) is 5.88 Å². The molecule has 0 fully saturated rings. The second kappa shape index (κ2) is 30.3. The van der Waals surface area contributed by atoms with E-state index in [2.05, 4.69) is 31.3 Å². The molecule has 2 unspecified atom stereocenters. The highest BCUT2D eigenvalue weighted by atomic mass is 32.1. The van der Waals surface area contributed by atoms with Crippen LogP contribution in [0, 0.1) is 0 Å². The number of aromatic nitrogens is 2. The SMILES string of the molecule is CCCCCCCC(OCCCCCCCCCCCCCCCCCCCC=O)[N+]1(C)CCC=C(c2nsnc2OCCCCCC)C1. The van der Waals surface area contributed by atoms with E-state index in [0.29, 0.717) is 0 Å². The van der Waals surface area contributed by atoms with E-state index < -0.39 is 0 Å². The third-order valence-corrected chi connectivity index (χ3v) is 11.1. The molecule has 6 nitrogen and oxygen atoms in total. The minimum Gasteiger partial charge on any atom is -0.475 e. The Morgan fingerprint density at radius 2 is 1.20 bits per heavy atom. The lowest BCUT2D eigenvalue weighted by Crippen LogP contribution is -2.56. The first-order valence-electron chi connectivity index (χ1n) is 21.2. The summed E-state index contributed by atoms with van der Waals surface area (Å²) in [7, 11) is 2.41. The number of likely N-dealkylation sites (N-methyl/N-ethyl adjacent to an activating group) is 1. The third kappa shape index (κ3) is 21.0. The highest BCUT2D eigenvalue weighted by Crippen LogP contribution is 2.33. The van der Waals surface area contributed by atoms with E-state index in [4.69, 9.17) is 13.8 Å². The lowest BCUT2D eigenvalue weighted by atomic mass is 10.0. The number of aldehydes is 1. The van der Waals surface area contributed by atoms with Gasteiger partial charge in [-0.1, -0.05) is 161 Å². The maximum atomic E-state index is 10.4. The molecule has 1 aliphatic rings. The Hall–Kier alpha value is -1.31. The topological polar surface area (TPSA) is 61.3 Å². The smallest absolute Gasteiger partial charge is 0.253 e. The summed E-state index contributed by atoms with van der Waals surface area (Å²) in [6.45, 7) is 8.23. The molecule has 2 heterocycles. The van der Waals surface area contributed by atoms with Gasteiger partial charge in [0.15, 0.2) is 6.23 Å². The highest BCUT2D eigenvalue weighted by Gasteiger charge is 2.37. The van der Waals surface area contributed by atoms with Crippen molar-refractivity contribution in [1.82, 2.24) is 8.75 Å². The first kappa shape index (κ1) is 43.9. The van der Waals surface area contributed by atoms with Gasteiger partial charge >= 0.3 is 0 Å². The van der Waals surface area contributed by atoms with Crippen LogP contribution in [0.2, 0.25) is 0 Å². The van der Waals surface area contributed by atoms with Gasteiger partial charge in [0.1, 0.15) is 18.5 Å². The van der Waals surface area contributed by atoms with Gasteiger partial charge in [0, 0.05) is 24.8 Å². The molecule has 0 spiro atoms. The van der Waals surface area contributed by atoms with Crippen molar-refractivity contribution in [1.29, 1.82) is 0 Å². The number of carbonyl (C=O) groups excluding carboxylic acids is 1. The zero-order chi connectivity index (χ0) is 35.1. The molecule has 7 heteroatoms. The lowest BCUT2D eigenvalue weighted by Gasteiger charge is -2.43. The molecule has 0 N–H and O–H groups in total. The van der Waals surface area contributed by atoms with Crippen molar-refractivity contribution in [2.45, 2.75) is 206 Å². The quantitative estimate of drug-likeness (QED) is 0.0400. The van der Waals surface area contributed by atoms with Crippen LogP contribution in [0.5, 0.6) is 5.88 Å². The van der Waals surface area contributed by atoms with Crippen molar-refractivity contribution < 1.29 is 18.8 Å². The summed E-state index contributed by atoms with van der Waals surface area (Å²) in [5.74, 6) is 0.736. The van der Waals surface area contributed by atoms with Crippen LogP contribution in [0.1, 0.15) is 206 Å². The molecule has 0 bridgehead atoms. The summed E-state index contributed by atoms with van der Waals surface area (Å²) in [6, 6.07) is 0. The summed E-state index contributed by atoms with van der Waals surface area (Å²) in [5, 5.41) is 0. The molecule has 2 atom stereocenters. The first-order chi connectivity index (χ1) is 24.1. The fourth-order valence-corrected chi connectivity index (χ4v) is 7.88. The van der Waals surface area contributed by atoms with E-state index in [-0.39, 0.29) is 6.23 Å². The van der Waals surface area contributed by atoms with Crippen molar-refractivity contribution in [3.05, 3.63) is 11.8 Å². The molecule has 0 radical (unpaired) electrons. The molecule has 1 aromatic heterocycles. The summed E-state index contributed by atoms with van der Waals surface area (Å²) in [4.78, 5) is 10.4. The largest absolute Gasteiger partial charge is 0.475 e. The monoisotopic (exact) mass is 705 g/mol. The van der Waals surface area contributed by atoms with E-state index in [1.54, 1.807) is 0 Å². The molecule has 1 aliphatic heterocycles. The van der Waals surface area contributed by atoms with E-state index in [9.17, 15) is 4.79 Å². The number of rotatable bonds is 35. The van der Waals surface area contributed by atoms with E-state index in [1.807, 2.05) is 0 Å². The Balaban J connectivity index is 1.63. The summed E-state index contributed by atoms with van der Waals surface area (Å²) in [5.41, 5.74) is 2.26. The standard InChI is InChI=1S/C42H78N3O3S/c1-4-6-8-24-27-33-40(45(3)34-31-32-39(38-45)41-42(44-49-43-41)48-37-29-9-7-5-2)47-36-30-26-23-21-19-17-15-13-11-10-12-14-16-18-20-22-25-28-35-46/h32,35,40H,4-31,33-34,36-38H2,1-3H3/q+1. The van der Waals surface area contributed by atoms with Gasteiger partial charge in [-0.25, -0.2) is 0 Å². The zero-order valence-corrected chi connectivity index (χ0v) is 33.4. The van der Waals surface area contributed by atoms with Crippen LogP contribution >= 0.6 is 11.7 Å². The molecule has 2 rings (SSSR count). The van der Waals surface area contributed by atoms with Crippen molar-refractivity contribution in [3.63, 3.8) is 0 Å². The summed E-state index contributed by atoms with van der Waals surface area (Å²) >= 11 is 1.28. The van der Waals surface area contributed by atoms with E-state index >= 15 is 0 Å². The summed E-state index contributed by atoms with van der Waals surface area (Å²) in [6.07, 6.45) is 40.8. The van der Waals surface area contributed by atoms with Crippen molar-refractivity contribution in [2.24, 2.45) is 0 Å². The van der Waals surface area contributed by atoms with Crippen LogP contribution in [-0.4, -0.2) is 59.1 Å². The van der Waals surface area contributed by atoms with Crippen molar-refractivity contribution in [2.75, 3.05) is 33.4 Å². The van der Waals surface area contributed by atoms with Gasteiger partial charge in [0.05, 0.1) is 38.5 Å². The van der Waals surface area contributed by atoms with Gasteiger partial charge in [-0.05, 0) is 25.7 Å². The van der Waals surface area contributed by atoms with Crippen LogP contribution < -0.4 is 4.74 Å². The number of nitrogens with zero attached hydrogens (tertiary/aromatic N) is 3. The minimum atomic E-state index is 0.245. The Bertz CT molecular complexity index is 938. The normalized spacial score (nSPS) is 16.9. The Morgan fingerprint density at radius 1 is 0.694 bits per heavy atom. The van der Waals surface area contributed by atoms with Gasteiger partial charge in [-0.15, -0.1) is 4.37 Å². The van der Waals surface area contributed by atoms with Crippen LogP contribution in [0.4, 0.5) is 0 Å². The molecule has 49 heavy (non-hydrogen) atoms. The molecular formula is C42H78N3O3S+. The Kier molecular flexibility index (Phi) is 27.1. The van der Waals surface area contributed by atoms with Crippen LogP contribution in [0.25, 0.3) is 5.57 Å². The third-order valence-electron chi connectivity index (χ3n) is 10.6. The molecule has 1 aromatic rings. The second-order valence-corrected chi connectivity index (χ2v) is 15.7. The number of ether oxygens (including phenoxy) is 2. The first-order valence-corrected chi connectivity index (χ1v) is 21.9. The Labute approximate surface area is 307 Å². The average molecular weight is 705 g/mol. The van der Waals surface area contributed by atoms with Crippen LogP contribution in [-0.2, 0) is 9.53 Å². The molecule has 0 aliphatic carbocycles. The number of hydrogen-bond acceptors (Lipinski definition) is 6. The predicted octanol–water partition coefficient (Wildman–Crippen LogP) is 12.7. The fourth-order valence-electron chi connectivity index (χ4n) is 7.35. The van der Waals surface area contributed by atoms with Gasteiger partial charge in [0.2, 0.25) is 0 Å². The van der Waals surface area contributed by atoms with Crippen molar-refractivity contribution in [3.8, 4) is 5.88 Å². The lowest BCUT2D eigenvalue weighted by molar-refractivity contribution is -0.950. The highest BCUT2D eigenvalue weighted by molar-refractivity contribution is 6.99. The number of hydrogen-bond donors (Lipinski definition) is 0. The van der Waals surface area contributed by atoms with Gasteiger partial charge < -0.3 is 14.3 Å². The molecule has 0 amide bonds. The number of unbranched alkanes of at least 4 members (excludes halogenated alkanes) is 24.